The van der Waals surface area contributed by atoms with Gasteiger partial charge in [0.2, 0.25) is 0 Å². The summed E-state index contributed by atoms with van der Waals surface area (Å²) in [5.41, 5.74) is 6.65. The van der Waals surface area contributed by atoms with Crippen molar-refractivity contribution in [2.75, 3.05) is 0 Å². The molecule has 2 aromatic rings. The minimum absolute atomic E-state index is 0.0748. The maximum Gasteiger partial charge on any atom is 0.120 e. The summed E-state index contributed by atoms with van der Waals surface area (Å²) in [6.45, 7) is 8.36. The van der Waals surface area contributed by atoms with E-state index in [1.807, 2.05) is 19.9 Å². The van der Waals surface area contributed by atoms with Crippen LogP contribution in [-0.4, -0.2) is 11.1 Å². The van der Waals surface area contributed by atoms with E-state index in [9.17, 15) is 0 Å². The highest BCUT2D eigenvalue weighted by Crippen LogP contribution is 2.30. The average Bonchev–Trinajstić information content (AvgIpc) is 2.46. The Hall–Kier alpha value is -2.20. The average molecular weight is 313 g/mol. The van der Waals surface area contributed by atoms with Gasteiger partial charge in [-0.05, 0) is 54.3 Å². The minimum atomic E-state index is 0.0748. The van der Waals surface area contributed by atoms with Gasteiger partial charge in [0.25, 0.3) is 0 Å². The fourth-order valence-corrected chi connectivity index (χ4v) is 2.87. The predicted molar refractivity (Wildman–Crippen MR) is 96.6 cm³/mol. The first-order valence-corrected chi connectivity index (χ1v) is 8.04. The van der Waals surface area contributed by atoms with Gasteiger partial charge in [-0.1, -0.05) is 32.0 Å². The monoisotopic (exact) mass is 313 g/mol. The molecule has 0 saturated heterocycles. The molecular formula is C19H27N3O. The fraction of sp³-hybridized carbons (Fsp3) is 0.368. The maximum atomic E-state index is 6.13. The van der Waals surface area contributed by atoms with E-state index in [0.717, 1.165) is 11.1 Å². The predicted octanol–water partition coefficient (Wildman–Crippen LogP) is 3.93. The van der Waals surface area contributed by atoms with Gasteiger partial charge in [-0.15, -0.1) is 0 Å². The molecule has 2 aromatic carbocycles. The molecule has 0 amide bonds. The second-order valence-corrected chi connectivity index (χ2v) is 6.41. The molecule has 0 aliphatic carbocycles. The van der Waals surface area contributed by atoms with Gasteiger partial charge < -0.3 is 15.5 Å². The standard InChI is InChI=1S/C19H27N3O/c1-13(2)19(22(21)10-9-20)17-6-5-16-12-18(23-14(3)4)8-7-15(16)11-17/h5-14,19H,20-21H2,1-4H3/b10-9-. The van der Waals surface area contributed by atoms with E-state index in [1.54, 1.807) is 11.2 Å². The van der Waals surface area contributed by atoms with Gasteiger partial charge in [0.05, 0.1) is 12.1 Å². The molecule has 0 heterocycles. The van der Waals surface area contributed by atoms with Crippen molar-refractivity contribution < 1.29 is 4.74 Å². The molecule has 1 unspecified atom stereocenters. The number of ether oxygens (including phenoxy) is 1. The molecule has 4 heteroatoms. The summed E-state index contributed by atoms with van der Waals surface area (Å²) in [6.07, 6.45) is 3.34. The minimum Gasteiger partial charge on any atom is -0.491 e. The lowest BCUT2D eigenvalue weighted by molar-refractivity contribution is 0.227. The van der Waals surface area contributed by atoms with E-state index in [-0.39, 0.29) is 12.1 Å². The SMILES string of the molecule is CC(C)Oc1ccc2cc(C(C(C)C)N(N)/C=C\N)ccc2c1. The number of benzene rings is 2. The Morgan fingerprint density at radius 3 is 2.26 bits per heavy atom. The number of hydrogen-bond donors (Lipinski definition) is 2. The normalized spacial score (nSPS) is 13.2. The van der Waals surface area contributed by atoms with Crippen molar-refractivity contribution in [3.05, 3.63) is 54.4 Å². The summed E-state index contributed by atoms with van der Waals surface area (Å²) < 4.78 is 5.76. The van der Waals surface area contributed by atoms with Crippen LogP contribution in [0.25, 0.3) is 10.8 Å². The first kappa shape index (κ1) is 17.2. The summed E-state index contributed by atoms with van der Waals surface area (Å²) in [6, 6.07) is 12.7. The molecule has 0 fully saturated rings. The van der Waals surface area contributed by atoms with Crippen LogP contribution in [0.4, 0.5) is 0 Å². The van der Waals surface area contributed by atoms with Crippen LogP contribution in [0.2, 0.25) is 0 Å². The molecule has 1 atom stereocenters. The van der Waals surface area contributed by atoms with E-state index >= 15 is 0 Å². The van der Waals surface area contributed by atoms with E-state index in [1.165, 1.54) is 17.1 Å². The van der Waals surface area contributed by atoms with Crippen LogP contribution in [0.15, 0.2) is 48.8 Å². The van der Waals surface area contributed by atoms with Crippen LogP contribution in [-0.2, 0) is 0 Å². The largest absolute Gasteiger partial charge is 0.491 e. The quantitative estimate of drug-likeness (QED) is 0.626. The van der Waals surface area contributed by atoms with Crippen molar-refractivity contribution in [2.24, 2.45) is 17.5 Å². The first-order valence-electron chi connectivity index (χ1n) is 8.04. The van der Waals surface area contributed by atoms with E-state index in [0.29, 0.717) is 5.92 Å². The Morgan fingerprint density at radius 1 is 1.00 bits per heavy atom. The third-order valence-corrected chi connectivity index (χ3v) is 3.76. The molecule has 0 radical (unpaired) electrons. The molecule has 0 aromatic heterocycles. The summed E-state index contributed by atoms with van der Waals surface area (Å²) in [4.78, 5) is 0. The summed E-state index contributed by atoms with van der Waals surface area (Å²) in [7, 11) is 0. The van der Waals surface area contributed by atoms with E-state index in [2.05, 4.69) is 44.2 Å². The van der Waals surface area contributed by atoms with Gasteiger partial charge in [0, 0.05) is 12.4 Å². The number of nitrogens with two attached hydrogens (primary N) is 2. The fourth-order valence-electron chi connectivity index (χ4n) is 2.87. The van der Waals surface area contributed by atoms with Crippen molar-refractivity contribution in [1.29, 1.82) is 0 Å². The van der Waals surface area contributed by atoms with Crippen LogP contribution in [0.1, 0.15) is 39.3 Å². The van der Waals surface area contributed by atoms with Crippen molar-refractivity contribution in [1.82, 2.24) is 5.01 Å². The summed E-state index contributed by atoms with van der Waals surface area (Å²) in [5, 5.41) is 4.00. The number of fused-ring (bicyclic) bond motifs is 1. The Morgan fingerprint density at radius 2 is 1.65 bits per heavy atom. The highest BCUT2D eigenvalue weighted by molar-refractivity contribution is 5.84. The van der Waals surface area contributed by atoms with Gasteiger partial charge in [0.1, 0.15) is 5.75 Å². The molecule has 23 heavy (non-hydrogen) atoms. The second kappa shape index (κ2) is 7.38. The molecular weight excluding hydrogens is 286 g/mol. The molecule has 124 valence electrons. The molecule has 0 aliphatic rings. The highest BCUT2D eigenvalue weighted by Gasteiger charge is 2.19. The Kier molecular flexibility index (Phi) is 5.50. The molecule has 4 N–H and O–H groups in total. The summed E-state index contributed by atoms with van der Waals surface area (Å²) >= 11 is 0. The maximum absolute atomic E-state index is 6.13. The van der Waals surface area contributed by atoms with Crippen molar-refractivity contribution in [2.45, 2.75) is 39.8 Å². The first-order chi connectivity index (χ1) is 10.9. The molecule has 0 bridgehead atoms. The number of rotatable bonds is 6. The third-order valence-electron chi connectivity index (χ3n) is 3.76. The zero-order valence-electron chi connectivity index (χ0n) is 14.4. The highest BCUT2D eigenvalue weighted by atomic mass is 16.5. The summed E-state index contributed by atoms with van der Waals surface area (Å²) in [5.74, 6) is 7.38. The molecule has 0 saturated carbocycles. The number of nitrogens with zero attached hydrogens (tertiary/aromatic N) is 1. The van der Waals surface area contributed by atoms with Crippen LogP contribution in [0, 0.1) is 5.92 Å². The van der Waals surface area contributed by atoms with Gasteiger partial charge >= 0.3 is 0 Å². The Balaban J connectivity index is 2.38. The lowest BCUT2D eigenvalue weighted by Gasteiger charge is -2.30. The topological polar surface area (TPSA) is 64.5 Å². The van der Waals surface area contributed by atoms with Crippen molar-refractivity contribution >= 4 is 10.8 Å². The molecule has 0 aliphatic heterocycles. The molecule has 0 spiro atoms. The van der Waals surface area contributed by atoms with Crippen LogP contribution < -0.4 is 16.3 Å². The van der Waals surface area contributed by atoms with Crippen molar-refractivity contribution in [3.63, 3.8) is 0 Å². The van der Waals surface area contributed by atoms with E-state index in [4.69, 9.17) is 16.3 Å². The van der Waals surface area contributed by atoms with Crippen LogP contribution in [0.5, 0.6) is 5.75 Å². The number of hydrogen-bond acceptors (Lipinski definition) is 4. The van der Waals surface area contributed by atoms with Crippen LogP contribution in [0.3, 0.4) is 0 Å². The Labute approximate surface area is 138 Å². The second-order valence-electron chi connectivity index (χ2n) is 6.41. The van der Waals surface area contributed by atoms with Gasteiger partial charge in [-0.3, -0.25) is 0 Å². The molecule has 4 nitrogen and oxygen atoms in total. The lowest BCUT2D eigenvalue weighted by atomic mass is 9.93. The van der Waals surface area contributed by atoms with Crippen LogP contribution >= 0.6 is 0 Å². The third kappa shape index (κ3) is 4.17. The van der Waals surface area contributed by atoms with Gasteiger partial charge in [-0.25, -0.2) is 5.84 Å². The smallest absolute Gasteiger partial charge is 0.120 e. The zero-order valence-corrected chi connectivity index (χ0v) is 14.4. The molecule has 2 rings (SSSR count). The lowest BCUT2D eigenvalue weighted by Crippen LogP contribution is -2.33. The van der Waals surface area contributed by atoms with Gasteiger partial charge in [-0.2, -0.15) is 0 Å². The zero-order chi connectivity index (χ0) is 17.0. The number of hydrazine groups is 1. The van der Waals surface area contributed by atoms with Crippen molar-refractivity contribution in [3.8, 4) is 5.75 Å². The van der Waals surface area contributed by atoms with E-state index < -0.39 is 0 Å². The Bertz CT molecular complexity index is 679. The van der Waals surface area contributed by atoms with Gasteiger partial charge in [0.15, 0.2) is 0 Å².